The summed E-state index contributed by atoms with van der Waals surface area (Å²) >= 11 is 0. The molecule has 1 unspecified atom stereocenters. The van der Waals surface area contributed by atoms with Crippen molar-refractivity contribution in [3.8, 4) is 0 Å². The van der Waals surface area contributed by atoms with E-state index in [-0.39, 0.29) is 12.3 Å². The Balaban J connectivity index is 1.66. The van der Waals surface area contributed by atoms with Crippen molar-refractivity contribution in [2.45, 2.75) is 12.8 Å². The Kier molecular flexibility index (Phi) is 4.99. The quantitative estimate of drug-likeness (QED) is 0.604. The van der Waals surface area contributed by atoms with E-state index in [1.165, 1.54) is 6.20 Å². The van der Waals surface area contributed by atoms with Gasteiger partial charge in [-0.05, 0) is 24.5 Å². The third-order valence-electron chi connectivity index (χ3n) is 5.11. The molecule has 4 rings (SSSR count). The van der Waals surface area contributed by atoms with Gasteiger partial charge in [-0.15, -0.1) is 0 Å². The SMILES string of the molecule is NC=C(c1cnc2ccccc2c1)c1nc(N)cc(N2CCC(CC(=O)O)C2)n1. The highest BCUT2D eigenvalue weighted by Crippen LogP contribution is 2.28. The minimum atomic E-state index is -0.781. The van der Waals surface area contributed by atoms with Crippen molar-refractivity contribution in [2.75, 3.05) is 23.7 Å². The van der Waals surface area contributed by atoms with Crippen LogP contribution in [0.1, 0.15) is 24.2 Å². The van der Waals surface area contributed by atoms with Crippen LogP contribution in [0.4, 0.5) is 11.6 Å². The average molecular weight is 390 g/mol. The van der Waals surface area contributed by atoms with Gasteiger partial charge in [0.1, 0.15) is 11.6 Å². The van der Waals surface area contributed by atoms with Gasteiger partial charge in [-0.2, -0.15) is 0 Å². The van der Waals surface area contributed by atoms with E-state index in [0.717, 1.165) is 29.4 Å². The number of nitrogens with two attached hydrogens (primary N) is 2. The van der Waals surface area contributed by atoms with E-state index in [4.69, 9.17) is 16.6 Å². The van der Waals surface area contributed by atoms with Gasteiger partial charge in [0.2, 0.25) is 0 Å². The Morgan fingerprint density at radius 3 is 2.90 bits per heavy atom. The molecule has 1 fully saturated rings. The number of hydrogen-bond acceptors (Lipinski definition) is 7. The third-order valence-corrected chi connectivity index (χ3v) is 5.11. The summed E-state index contributed by atoms with van der Waals surface area (Å²) in [5, 5.41) is 10.0. The van der Waals surface area contributed by atoms with E-state index >= 15 is 0 Å². The first-order valence-electron chi connectivity index (χ1n) is 9.42. The number of rotatable bonds is 5. The zero-order valence-electron chi connectivity index (χ0n) is 15.8. The standard InChI is InChI=1S/C21H22N6O2/c22-10-16(15-8-14-3-1-2-4-17(14)24-11-15)21-25-18(23)9-19(26-21)27-6-5-13(12-27)7-20(28)29/h1-4,8-11,13H,5-7,12,22H2,(H,28,29)(H2,23,25,26). The van der Waals surface area contributed by atoms with E-state index in [2.05, 4.69) is 15.0 Å². The van der Waals surface area contributed by atoms with Crippen molar-refractivity contribution in [3.63, 3.8) is 0 Å². The van der Waals surface area contributed by atoms with Gasteiger partial charge in [0.25, 0.3) is 0 Å². The lowest BCUT2D eigenvalue weighted by atomic mass is 10.1. The van der Waals surface area contributed by atoms with Gasteiger partial charge >= 0.3 is 5.97 Å². The first-order valence-corrected chi connectivity index (χ1v) is 9.42. The van der Waals surface area contributed by atoms with Gasteiger partial charge < -0.3 is 21.5 Å². The summed E-state index contributed by atoms with van der Waals surface area (Å²) in [6, 6.07) is 11.5. The molecule has 0 bridgehead atoms. The fourth-order valence-electron chi connectivity index (χ4n) is 3.71. The molecule has 1 atom stereocenters. The third kappa shape index (κ3) is 3.96. The van der Waals surface area contributed by atoms with Gasteiger partial charge in [-0.25, -0.2) is 9.97 Å². The van der Waals surface area contributed by atoms with Gasteiger partial charge in [0.15, 0.2) is 5.82 Å². The molecule has 1 aromatic carbocycles. The molecule has 0 spiro atoms. The van der Waals surface area contributed by atoms with Gasteiger partial charge in [-0.1, -0.05) is 18.2 Å². The molecule has 0 aliphatic carbocycles. The number of para-hydroxylation sites is 1. The lowest BCUT2D eigenvalue weighted by molar-refractivity contribution is -0.137. The van der Waals surface area contributed by atoms with E-state index in [1.54, 1.807) is 12.3 Å². The van der Waals surface area contributed by atoms with Crippen LogP contribution in [0.25, 0.3) is 16.5 Å². The molecule has 3 aromatic rings. The van der Waals surface area contributed by atoms with Crippen molar-refractivity contribution < 1.29 is 9.90 Å². The summed E-state index contributed by atoms with van der Waals surface area (Å²) in [5.41, 5.74) is 14.3. The van der Waals surface area contributed by atoms with E-state index in [1.807, 2.05) is 35.2 Å². The number of hydrogen-bond donors (Lipinski definition) is 3. The predicted octanol–water partition coefficient (Wildman–Crippen LogP) is 2.26. The lowest BCUT2D eigenvalue weighted by Crippen LogP contribution is -2.22. The number of carboxylic acid groups (broad SMARTS) is 1. The normalized spacial score (nSPS) is 17.0. The number of aromatic nitrogens is 3. The van der Waals surface area contributed by atoms with E-state index in [9.17, 15) is 4.79 Å². The van der Waals surface area contributed by atoms with Crippen LogP contribution in [-0.4, -0.2) is 39.1 Å². The smallest absolute Gasteiger partial charge is 0.303 e. The number of carbonyl (C=O) groups is 1. The molecular weight excluding hydrogens is 368 g/mol. The van der Waals surface area contributed by atoms with Gasteiger partial charge in [0.05, 0.1) is 5.52 Å². The summed E-state index contributed by atoms with van der Waals surface area (Å²) in [6.07, 6.45) is 4.16. The molecule has 1 aliphatic rings. The topological polar surface area (TPSA) is 131 Å². The van der Waals surface area contributed by atoms with E-state index < -0.39 is 5.97 Å². The van der Waals surface area contributed by atoms with Crippen molar-refractivity contribution in [1.29, 1.82) is 0 Å². The number of benzene rings is 1. The maximum atomic E-state index is 11.0. The van der Waals surface area contributed by atoms with Crippen LogP contribution in [0.3, 0.4) is 0 Å². The molecule has 3 heterocycles. The van der Waals surface area contributed by atoms with E-state index in [0.29, 0.717) is 29.6 Å². The molecule has 1 saturated heterocycles. The molecule has 0 saturated carbocycles. The number of nitrogens with zero attached hydrogens (tertiary/aromatic N) is 4. The maximum Gasteiger partial charge on any atom is 0.303 e. The number of aliphatic carboxylic acids is 1. The molecule has 1 aliphatic heterocycles. The molecule has 148 valence electrons. The van der Waals surface area contributed by atoms with Crippen molar-refractivity contribution >= 4 is 34.1 Å². The molecule has 0 amide bonds. The second-order valence-corrected chi connectivity index (χ2v) is 7.17. The molecule has 5 N–H and O–H groups in total. The van der Waals surface area contributed by atoms with Gasteiger partial charge in [0, 0.05) is 54.5 Å². The molecule has 2 aromatic heterocycles. The summed E-state index contributed by atoms with van der Waals surface area (Å²) in [4.78, 5) is 26.6. The zero-order chi connectivity index (χ0) is 20.4. The highest BCUT2D eigenvalue weighted by atomic mass is 16.4. The summed E-state index contributed by atoms with van der Waals surface area (Å²) in [6.45, 7) is 1.36. The summed E-state index contributed by atoms with van der Waals surface area (Å²) in [5.74, 6) is 0.743. The molecule has 29 heavy (non-hydrogen) atoms. The molecule has 8 nitrogen and oxygen atoms in total. The highest BCUT2D eigenvalue weighted by Gasteiger charge is 2.26. The summed E-state index contributed by atoms with van der Waals surface area (Å²) < 4.78 is 0. The summed E-state index contributed by atoms with van der Waals surface area (Å²) in [7, 11) is 0. The highest BCUT2D eigenvalue weighted by molar-refractivity contribution is 5.85. The number of nitrogen functional groups attached to an aromatic ring is 1. The minimum Gasteiger partial charge on any atom is -0.481 e. The van der Waals surface area contributed by atoms with Crippen LogP contribution in [0.5, 0.6) is 0 Å². The Morgan fingerprint density at radius 2 is 2.10 bits per heavy atom. The predicted molar refractivity (Wildman–Crippen MR) is 112 cm³/mol. The Morgan fingerprint density at radius 1 is 1.28 bits per heavy atom. The van der Waals surface area contributed by atoms with Crippen molar-refractivity contribution in [3.05, 3.63) is 60.2 Å². The van der Waals surface area contributed by atoms with Crippen LogP contribution in [-0.2, 0) is 4.79 Å². The minimum absolute atomic E-state index is 0.0985. The molecule has 0 radical (unpaired) electrons. The van der Waals surface area contributed by atoms with Crippen LogP contribution in [0.15, 0.2) is 48.8 Å². The van der Waals surface area contributed by atoms with Crippen LogP contribution in [0, 0.1) is 5.92 Å². The number of carboxylic acids is 1. The number of anilines is 2. The zero-order valence-corrected chi connectivity index (χ0v) is 15.8. The van der Waals surface area contributed by atoms with Crippen LogP contribution in [0.2, 0.25) is 0 Å². The molecular formula is C21H22N6O2. The van der Waals surface area contributed by atoms with Crippen LogP contribution >= 0.6 is 0 Å². The molecule has 8 heteroatoms. The van der Waals surface area contributed by atoms with Crippen molar-refractivity contribution in [1.82, 2.24) is 15.0 Å². The average Bonchev–Trinajstić information content (AvgIpc) is 3.16. The Bertz CT molecular complexity index is 1100. The number of fused-ring (bicyclic) bond motifs is 1. The fraction of sp³-hybridized carbons (Fsp3) is 0.238. The first-order chi connectivity index (χ1) is 14.0. The second-order valence-electron chi connectivity index (χ2n) is 7.17. The first kappa shape index (κ1) is 18.7. The van der Waals surface area contributed by atoms with Gasteiger partial charge in [-0.3, -0.25) is 9.78 Å². The number of pyridine rings is 1. The second kappa shape index (κ2) is 7.75. The fourth-order valence-corrected chi connectivity index (χ4v) is 3.71. The monoisotopic (exact) mass is 390 g/mol. The van der Waals surface area contributed by atoms with Crippen LogP contribution < -0.4 is 16.4 Å². The maximum absolute atomic E-state index is 11.0. The largest absolute Gasteiger partial charge is 0.481 e. The lowest BCUT2D eigenvalue weighted by Gasteiger charge is -2.19. The Labute approximate surface area is 167 Å². The Hall–Kier alpha value is -3.68. The van der Waals surface area contributed by atoms with Crippen molar-refractivity contribution in [2.24, 2.45) is 11.7 Å².